The zero-order valence-electron chi connectivity index (χ0n) is 35.4. The predicted octanol–water partition coefficient (Wildman–Crippen LogP) is 6.46. The number of aliphatic imine (C=N–C) groups is 1. The number of allylic oxidation sites excluding steroid dienone is 1. The third-order valence-electron chi connectivity index (χ3n) is 11.6. The predicted molar refractivity (Wildman–Crippen MR) is 237 cm³/mol. The van der Waals surface area contributed by atoms with Crippen LogP contribution in [-0.2, 0) is 20.8 Å². The van der Waals surface area contributed by atoms with Crippen LogP contribution in [0.15, 0.2) is 83.8 Å². The lowest BCUT2D eigenvalue weighted by atomic mass is 10.00. The fourth-order valence-corrected chi connectivity index (χ4v) is 8.09. The molecule has 0 saturated carbocycles. The van der Waals surface area contributed by atoms with E-state index in [0.717, 1.165) is 85.3 Å². The Bertz CT molecular complexity index is 2020. The maximum atomic E-state index is 13.0. The van der Waals surface area contributed by atoms with Crippen molar-refractivity contribution >= 4 is 46.2 Å². The number of nitrogens with zero attached hydrogens (tertiary/aromatic N) is 5. The van der Waals surface area contributed by atoms with Crippen LogP contribution < -0.4 is 30.9 Å². The molecule has 3 fully saturated rings. The molecule has 1 unspecified atom stereocenters. The Hall–Kier alpha value is -5.69. The SMILES string of the molecule is C=C(/N=C1/CN(c2cnc3c(c2C)NCCO3)CC/C1=C/C)Nc1ccc(CC(=O)N2CCN(C(CC)CC)CC2)cc1.Cc1ccc(NC2CCC(=O)NC2=O)cc1. The lowest BCUT2D eigenvalue weighted by Gasteiger charge is -2.39. The molecule has 7 rings (SSSR count). The highest BCUT2D eigenvalue weighted by atomic mass is 16.5. The first-order valence-electron chi connectivity index (χ1n) is 21.1. The number of carbonyl (C=O) groups is 3. The Balaban J connectivity index is 0.000000305. The van der Waals surface area contributed by atoms with Gasteiger partial charge in [0.1, 0.15) is 24.2 Å². The van der Waals surface area contributed by atoms with Crippen molar-refractivity contribution in [2.24, 2.45) is 4.99 Å². The molecule has 0 bridgehead atoms. The number of rotatable bonds is 11. The van der Waals surface area contributed by atoms with Gasteiger partial charge in [0.25, 0.3) is 0 Å². The number of piperidine rings is 2. The van der Waals surface area contributed by atoms with Crippen LogP contribution in [0, 0.1) is 13.8 Å². The molecule has 13 nitrogen and oxygen atoms in total. The molecule has 314 valence electrons. The van der Waals surface area contributed by atoms with E-state index in [0.29, 0.717) is 50.2 Å². The molecule has 3 saturated heterocycles. The average molecular weight is 804 g/mol. The molecule has 0 spiro atoms. The number of fused-ring (bicyclic) bond motifs is 1. The minimum Gasteiger partial charge on any atom is -0.474 e. The van der Waals surface area contributed by atoms with Crippen LogP contribution in [0.4, 0.5) is 22.7 Å². The molecule has 3 aromatic rings. The summed E-state index contributed by atoms with van der Waals surface area (Å²) in [6.07, 6.45) is 8.67. The van der Waals surface area contributed by atoms with Crippen LogP contribution in [-0.4, -0.2) is 103 Å². The number of piperazine rings is 1. The van der Waals surface area contributed by atoms with Crippen molar-refractivity contribution in [3.63, 3.8) is 0 Å². The van der Waals surface area contributed by atoms with E-state index >= 15 is 0 Å². The third kappa shape index (κ3) is 11.3. The average Bonchev–Trinajstić information content (AvgIpc) is 3.24. The summed E-state index contributed by atoms with van der Waals surface area (Å²) in [6, 6.07) is 16.2. The number of ether oxygens (including phenoxy) is 1. The lowest BCUT2D eigenvalue weighted by Crippen LogP contribution is -2.52. The smallest absolute Gasteiger partial charge is 0.249 e. The maximum Gasteiger partial charge on any atom is 0.249 e. The third-order valence-corrected chi connectivity index (χ3v) is 11.6. The summed E-state index contributed by atoms with van der Waals surface area (Å²) in [5, 5.41) is 12.2. The standard InChI is InChI=1S/C34H47N7O2.C12H14N2O2/c1-6-27-13-15-41(31-22-36-34-33(24(31)4)35-14-20-43-34)23-30(27)38-25(5)37-28-11-9-26(10-12-28)21-32(42)40-18-16-39(17-19-40)29(7-2)8-3;1-8-2-4-9(5-3-8)13-10-6-7-11(15)14-12(10)16/h6,9-12,22,29,35,37H,5,7-8,13-21,23H2,1-4H3;2-5,10,13H,6-7H2,1H3,(H,14,15,16)/b27-6-,38-30-;. The number of amides is 3. The number of carbonyl (C=O) groups excluding carboxylic acids is 3. The van der Waals surface area contributed by atoms with Gasteiger partial charge in [-0.1, -0.05) is 56.3 Å². The molecule has 0 aliphatic carbocycles. The molecule has 1 aromatic heterocycles. The van der Waals surface area contributed by atoms with Gasteiger partial charge in [0, 0.05) is 68.7 Å². The first kappa shape index (κ1) is 42.9. The summed E-state index contributed by atoms with van der Waals surface area (Å²) < 4.78 is 5.72. The minimum absolute atomic E-state index is 0.188. The van der Waals surface area contributed by atoms with Crippen molar-refractivity contribution in [1.82, 2.24) is 20.1 Å². The number of aromatic nitrogens is 1. The summed E-state index contributed by atoms with van der Waals surface area (Å²) in [4.78, 5) is 51.8. The molecule has 2 aromatic carbocycles. The summed E-state index contributed by atoms with van der Waals surface area (Å²) >= 11 is 0. The van der Waals surface area contributed by atoms with Gasteiger partial charge >= 0.3 is 0 Å². The normalized spacial score (nSPS) is 19.6. The highest BCUT2D eigenvalue weighted by molar-refractivity contribution is 6.05. The molecule has 59 heavy (non-hydrogen) atoms. The van der Waals surface area contributed by atoms with E-state index in [-0.39, 0.29) is 23.8 Å². The van der Waals surface area contributed by atoms with Gasteiger partial charge in [-0.25, -0.2) is 9.98 Å². The number of anilines is 4. The second-order valence-electron chi connectivity index (χ2n) is 15.6. The first-order valence-corrected chi connectivity index (χ1v) is 21.1. The number of hydrogen-bond donors (Lipinski definition) is 4. The molecule has 4 N–H and O–H groups in total. The number of imide groups is 1. The molecule has 0 radical (unpaired) electrons. The molecule has 4 aliphatic heterocycles. The number of pyridine rings is 1. The van der Waals surface area contributed by atoms with E-state index in [9.17, 15) is 14.4 Å². The Kier molecular flexibility index (Phi) is 14.8. The molecular weight excluding hydrogens is 743 g/mol. The van der Waals surface area contributed by atoms with Crippen molar-refractivity contribution in [2.75, 3.05) is 73.3 Å². The van der Waals surface area contributed by atoms with Crippen LogP contribution in [0.25, 0.3) is 0 Å². The topological polar surface area (TPSA) is 144 Å². The van der Waals surface area contributed by atoms with Crippen molar-refractivity contribution in [3.8, 4) is 5.88 Å². The van der Waals surface area contributed by atoms with E-state index in [2.05, 4.69) is 76.4 Å². The fourth-order valence-electron chi connectivity index (χ4n) is 8.09. The number of aryl methyl sites for hydroxylation is 1. The summed E-state index contributed by atoms with van der Waals surface area (Å²) in [7, 11) is 0. The van der Waals surface area contributed by atoms with E-state index in [1.165, 1.54) is 24.0 Å². The van der Waals surface area contributed by atoms with Crippen LogP contribution in [0.5, 0.6) is 5.88 Å². The molecule has 3 amide bonds. The molecule has 13 heteroatoms. The first-order chi connectivity index (χ1) is 28.5. The maximum absolute atomic E-state index is 13.0. The highest BCUT2D eigenvalue weighted by Gasteiger charge is 2.28. The number of hydrogen-bond acceptors (Lipinski definition) is 11. The molecular formula is C46H61N9O4. The van der Waals surface area contributed by atoms with E-state index < -0.39 is 0 Å². The van der Waals surface area contributed by atoms with Crippen molar-refractivity contribution in [3.05, 3.63) is 95.5 Å². The number of nitrogens with one attached hydrogen (secondary N) is 4. The van der Waals surface area contributed by atoms with Gasteiger partial charge in [0.15, 0.2) is 0 Å². The fraction of sp³-hybridized carbons (Fsp3) is 0.457. The van der Waals surface area contributed by atoms with Crippen LogP contribution >= 0.6 is 0 Å². The van der Waals surface area contributed by atoms with Gasteiger partial charge in [-0.05, 0) is 81.9 Å². The Morgan fingerprint density at radius 2 is 1.71 bits per heavy atom. The second kappa shape index (κ2) is 20.3. The zero-order valence-corrected chi connectivity index (χ0v) is 35.4. The van der Waals surface area contributed by atoms with Gasteiger partial charge in [-0.3, -0.25) is 24.6 Å². The van der Waals surface area contributed by atoms with Gasteiger partial charge in [0.05, 0.1) is 30.6 Å². The largest absolute Gasteiger partial charge is 0.474 e. The van der Waals surface area contributed by atoms with Crippen molar-refractivity contribution < 1.29 is 19.1 Å². The van der Waals surface area contributed by atoms with Crippen LogP contribution in [0.3, 0.4) is 0 Å². The Morgan fingerprint density at radius 3 is 2.39 bits per heavy atom. The van der Waals surface area contributed by atoms with Gasteiger partial charge in [-0.2, -0.15) is 0 Å². The van der Waals surface area contributed by atoms with E-state index in [1.54, 1.807) is 0 Å². The van der Waals surface area contributed by atoms with E-state index in [1.807, 2.05) is 66.6 Å². The summed E-state index contributed by atoms with van der Waals surface area (Å²) in [5.74, 6) is 1.04. The van der Waals surface area contributed by atoms with Crippen LogP contribution in [0.1, 0.15) is 69.6 Å². The number of benzene rings is 2. The summed E-state index contributed by atoms with van der Waals surface area (Å²) in [5.41, 5.74) is 9.45. The summed E-state index contributed by atoms with van der Waals surface area (Å²) in [6.45, 7) is 21.4. The molecule has 5 heterocycles. The molecule has 4 aliphatic rings. The Labute approximate surface area is 349 Å². The lowest BCUT2D eigenvalue weighted by molar-refractivity contribution is -0.134. The van der Waals surface area contributed by atoms with Gasteiger partial charge in [-0.15, -0.1) is 0 Å². The molecule has 1 atom stereocenters. The zero-order chi connectivity index (χ0) is 41.9. The Morgan fingerprint density at radius 1 is 1.00 bits per heavy atom. The highest BCUT2D eigenvalue weighted by Crippen LogP contribution is 2.36. The monoisotopic (exact) mass is 803 g/mol. The van der Waals surface area contributed by atoms with Crippen molar-refractivity contribution in [1.29, 1.82) is 0 Å². The second-order valence-corrected chi connectivity index (χ2v) is 15.6. The minimum atomic E-state index is -0.305. The van der Waals surface area contributed by atoms with Gasteiger partial charge < -0.3 is 30.5 Å². The van der Waals surface area contributed by atoms with Crippen LogP contribution in [0.2, 0.25) is 0 Å². The quantitative estimate of drug-likeness (QED) is 0.160. The van der Waals surface area contributed by atoms with E-state index in [4.69, 9.17) is 9.73 Å². The van der Waals surface area contributed by atoms with Crippen molar-refractivity contribution in [2.45, 2.75) is 85.2 Å². The van der Waals surface area contributed by atoms with Gasteiger partial charge in [0.2, 0.25) is 23.6 Å².